The van der Waals surface area contributed by atoms with E-state index in [1.165, 1.54) is 13.2 Å². The summed E-state index contributed by atoms with van der Waals surface area (Å²) in [5, 5.41) is 13.2. The first-order chi connectivity index (χ1) is 15.0. The monoisotopic (exact) mass is 477 g/mol. The van der Waals surface area contributed by atoms with Gasteiger partial charge in [-0.2, -0.15) is 0 Å². The van der Waals surface area contributed by atoms with Gasteiger partial charge in [-0.25, -0.2) is 8.42 Å². The summed E-state index contributed by atoms with van der Waals surface area (Å²) in [6.45, 7) is 1.29. The van der Waals surface area contributed by atoms with Crippen LogP contribution in [0.3, 0.4) is 0 Å². The molecular formula is C24H28ClNO5S. The highest BCUT2D eigenvalue weighted by atomic mass is 35.5. The highest BCUT2D eigenvalue weighted by Gasteiger charge is 2.18. The number of aliphatic hydroxyl groups is 1. The third-order valence-electron chi connectivity index (χ3n) is 4.74. The number of halogens is 1. The Morgan fingerprint density at radius 1 is 0.906 bits per heavy atom. The van der Waals surface area contributed by atoms with Gasteiger partial charge in [-0.15, -0.1) is 12.4 Å². The average molecular weight is 478 g/mol. The van der Waals surface area contributed by atoms with Crippen LogP contribution in [0.4, 0.5) is 0 Å². The van der Waals surface area contributed by atoms with Gasteiger partial charge in [0.15, 0.2) is 0 Å². The van der Waals surface area contributed by atoms with Crippen LogP contribution in [0.15, 0.2) is 88.7 Å². The van der Waals surface area contributed by atoms with Gasteiger partial charge < -0.3 is 19.9 Å². The van der Waals surface area contributed by atoms with Gasteiger partial charge >= 0.3 is 0 Å². The molecule has 0 aromatic heterocycles. The minimum Gasteiger partial charge on any atom is -0.497 e. The largest absolute Gasteiger partial charge is 0.497 e. The molecule has 0 saturated heterocycles. The molecule has 1 atom stereocenters. The Hall–Kier alpha value is -2.58. The zero-order valence-electron chi connectivity index (χ0n) is 17.8. The smallest absolute Gasteiger partial charge is 0.206 e. The summed E-state index contributed by atoms with van der Waals surface area (Å²) < 4.78 is 36.3. The van der Waals surface area contributed by atoms with Crippen molar-refractivity contribution < 1.29 is 23.0 Å². The molecule has 3 rings (SSSR count). The third kappa shape index (κ3) is 7.24. The van der Waals surface area contributed by atoms with E-state index in [0.717, 1.165) is 11.3 Å². The Bertz CT molecular complexity index is 1060. The topological polar surface area (TPSA) is 84.9 Å². The summed E-state index contributed by atoms with van der Waals surface area (Å²) in [4.78, 5) is 0.443. The Kier molecular flexibility index (Phi) is 9.99. The lowest BCUT2D eigenvalue weighted by molar-refractivity contribution is 0.106. The quantitative estimate of drug-likeness (QED) is 0.411. The first kappa shape index (κ1) is 25.7. The van der Waals surface area contributed by atoms with Gasteiger partial charge in [0.2, 0.25) is 9.84 Å². The Balaban J connectivity index is 0.00000363. The maximum absolute atomic E-state index is 12.8. The molecule has 3 aromatic carbocycles. The van der Waals surface area contributed by atoms with E-state index < -0.39 is 15.9 Å². The van der Waals surface area contributed by atoms with Crippen LogP contribution in [0.5, 0.6) is 11.5 Å². The molecule has 3 aromatic rings. The van der Waals surface area contributed by atoms with Crippen LogP contribution in [0.25, 0.3) is 0 Å². The van der Waals surface area contributed by atoms with Crippen molar-refractivity contribution in [1.82, 2.24) is 5.32 Å². The minimum atomic E-state index is -3.60. The van der Waals surface area contributed by atoms with E-state index in [1.54, 1.807) is 30.3 Å². The van der Waals surface area contributed by atoms with Crippen molar-refractivity contribution in [3.8, 4) is 11.5 Å². The molecule has 0 saturated carbocycles. The van der Waals surface area contributed by atoms with Gasteiger partial charge in [0, 0.05) is 6.54 Å². The molecule has 6 nitrogen and oxygen atoms in total. The number of ether oxygens (including phenoxy) is 2. The number of rotatable bonds is 11. The summed E-state index contributed by atoms with van der Waals surface area (Å²) in [5.74, 6) is 1.23. The van der Waals surface area contributed by atoms with Crippen molar-refractivity contribution in [2.24, 2.45) is 0 Å². The second-order valence-corrected chi connectivity index (χ2v) is 9.01. The predicted octanol–water partition coefficient (Wildman–Crippen LogP) is 3.52. The van der Waals surface area contributed by atoms with Crippen LogP contribution in [-0.2, 0) is 16.3 Å². The van der Waals surface area contributed by atoms with Crippen LogP contribution >= 0.6 is 12.4 Å². The number of hydrogen-bond acceptors (Lipinski definition) is 6. The Labute approximate surface area is 195 Å². The molecule has 0 amide bonds. The molecule has 0 aliphatic carbocycles. The number of methoxy groups -OCH3 is 1. The molecule has 0 unspecified atom stereocenters. The first-order valence-electron chi connectivity index (χ1n) is 10.0. The molecule has 0 heterocycles. The summed E-state index contributed by atoms with van der Waals surface area (Å²) in [6, 6.07) is 22.7. The van der Waals surface area contributed by atoms with Gasteiger partial charge in [0.05, 0.1) is 16.9 Å². The van der Waals surface area contributed by atoms with Crippen LogP contribution in [0, 0.1) is 0 Å². The van der Waals surface area contributed by atoms with Gasteiger partial charge in [-0.05, 0) is 61.0 Å². The Morgan fingerprint density at radius 2 is 1.59 bits per heavy atom. The van der Waals surface area contributed by atoms with Crippen molar-refractivity contribution in [1.29, 1.82) is 0 Å². The summed E-state index contributed by atoms with van der Waals surface area (Å²) in [7, 11) is -2.09. The molecule has 0 spiro atoms. The normalized spacial score (nSPS) is 11.9. The number of hydrogen-bond donors (Lipinski definition) is 2. The average Bonchev–Trinajstić information content (AvgIpc) is 2.81. The fourth-order valence-electron chi connectivity index (χ4n) is 3.01. The highest BCUT2D eigenvalue weighted by molar-refractivity contribution is 7.91. The van der Waals surface area contributed by atoms with Gasteiger partial charge in [-0.1, -0.05) is 36.4 Å². The minimum absolute atomic E-state index is 0. The number of para-hydroxylation sites is 1. The van der Waals surface area contributed by atoms with E-state index in [-0.39, 0.29) is 28.8 Å². The Morgan fingerprint density at radius 3 is 2.28 bits per heavy atom. The van der Waals surface area contributed by atoms with E-state index in [1.807, 2.05) is 42.5 Å². The molecule has 172 valence electrons. The van der Waals surface area contributed by atoms with Crippen LogP contribution < -0.4 is 14.8 Å². The van der Waals surface area contributed by atoms with Crippen molar-refractivity contribution in [3.05, 3.63) is 84.4 Å². The summed E-state index contributed by atoms with van der Waals surface area (Å²) in [6.07, 6.45) is 0.0988. The summed E-state index contributed by atoms with van der Waals surface area (Å²) in [5.41, 5.74) is 1.01. The van der Waals surface area contributed by atoms with Crippen molar-refractivity contribution in [2.75, 3.05) is 26.8 Å². The summed E-state index contributed by atoms with van der Waals surface area (Å²) >= 11 is 0. The lowest BCUT2D eigenvalue weighted by Gasteiger charge is -2.13. The standard InChI is InChI=1S/C24H27NO5S.ClH/c1-29-22-8-5-9-24(16-22)31(27,28)23-12-10-19(11-13-23)14-15-25-17-20(26)18-30-21-6-3-2-4-7-21;/h2-13,16,20,25-26H,14-15,17-18H2,1H3;1H/t20-;/m0./s1. The van der Waals surface area contributed by atoms with Gasteiger partial charge in [-0.3, -0.25) is 0 Å². The lowest BCUT2D eigenvalue weighted by atomic mass is 10.1. The van der Waals surface area contributed by atoms with E-state index in [2.05, 4.69) is 5.32 Å². The molecule has 0 fully saturated rings. The van der Waals surface area contributed by atoms with Crippen LogP contribution in [-0.4, -0.2) is 46.4 Å². The molecule has 8 heteroatoms. The zero-order valence-corrected chi connectivity index (χ0v) is 19.4. The van der Waals surface area contributed by atoms with Crippen molar-refractivity contribution >= 4 is 22.2 Å². The van der Waals surface area contributed by atoms with Crippen molar-refractivity contribution in [3.63, 3.8) is 0 Å². The zero-order chi connectivity index (χ0) is 22.1. The molecule has 0 aliphatic rings. The molecule has 2 N–H and O–H groups in total. The fourth-order valence-corrected chi connectivity index (χ4v) is 4.30. The second kappa shape index (κ2) is 12.5. The van der Waals surface area contributed by atoms with E-state index in [4.69, 9.17) is 9.47 Å². The van der Waals surface area contributed by atoms with E-state index in [9.17, 15) is 13.5 Å². The molecule has 0 radical (unpaired) electrons. The lowest BCUT2D eigenvalue weighted by Crippen LogP contribution is -2.32. The molecule has 32 heavy (non-hydrogen) atoms. The van der Waals surface area contributed by atoms with Gasteiger partial charge in [0.1, 0.15) is 24.2 Å². The molecule has 0 bridgehead atoms. The fraction of sp³-hybridized carbons (Fsp3) is 0.250. The predicted molar refractivity (Wildman–Crippen MR) is 127 cm³/mol. The highest BCUT2D eigenvalue weighted by Crippen LogP contribution is 2.24. The number of sulfone groups is 1. The maximum Gasteiger partial charge on any atom is 0.206 e. The molecular weight excluding hydrogens is 450 g/mol. The molecule has 0 aliphatic heterocycles. The van der Waals surface area contributed by atoms with Crippen LogP contribution in [0.2, 0.25) is 0 Å². The van der Waals surface area contributed by atoms with E-state index >= 15 is 0 Å². The van der Waals surface area contributed by atoms with Crippen molar-refractivity contribution in [2.45, 2.75) is 22.3 Å². The third-order valence-corrected chi connectivity index (χ3v) is 6.51. The number of aliphatic hydroxyl groups excluding tert-OH is 1. The maximum atomic E-state index is 12.8. The number of nitrogens with one attached hydrogen (secondary N) is 1. The second-order valence-electron chi connectivity index (χ2n) is 7.06. The van der Waals surface area contributed by atoms with Crippen LogP contribution in [0.1, 0.15) is 5.56 Å². The first-order valence-corrected chi connectivity index (χ1v) is 11.5. The SMILES string of the molecule is COc1cccc(S(=O)(=O)c2ccc(CCNC[C@H](O)COc3ccccc3)cc2)c1.Cl. The van der Waals surface area contributed by atoms with Gasteiger partial charge in [0.25, 0.3) is 0 Å². The number of benzene rings is 3. The van der Waals surface area contributed by atoms with E-state index in [0.29, 0.717) is 25.3 Å².